The molecule has 0 aliphatic rings. The van der Waals surface area contributed by atoms with Gasteiger partial charge in [0.2, 0.25) is 0 Å². The average Bonchev–Trinajstić information content (AvgIpc) is 2.89. The summed E-state index contributed by atoms with van der Waals surface area (Å²) in [4.78, 5) is 9.11. The van der Waals surface area contributed by atoms with Crippen LogP contribution in [0.3, 0.4) is 0 Å². The van der Waals surface area contributed by atoms with Crippen LogP contribution in [0.15, 0.2) is 32.1 Å². The second-order valence-electron chi connectivity index (χ2n) is 3.85. The first-order chi connectivity index (χ1) is 8.72. The number of thiazole rings is 2. The number of benzene rings is 2. The summed E-state index contributed by atoms with van der Waals surface area (Å²) in [6.45, 7) is 0. The number of hydrogen-bond acceptors (Lipinski definition) is 4. The number of halogens is 2. The standard InChI is InChI=1S/C12H4Br2N2S2/c13-11-15-9-5-1-3-7-10(16-12(14)17-7)6(5)2-4-8(9)18-11/h1-4H. The molecule has 0 saturated carbocycles. The van der Waals surface area contributed by atoms with E-state index in [0.29, 0.717) is 0 Å². The van der Waals surface area contributed by atoms with Crippen molar-refractivity contribution in [2.24, 2.45) is 0 Å². The van der Waals surface area contributed by atoms with E-state index < -0.39 is 0 Å². The van der Waals surface area contributed by atoms with Crippen LogP contribution in [0.2, 0.25) is 0 Å². The Morgan fingerprint density at radius 2 is 1.17 bits per heavy atom. The molecule has 18 heavy (non-hydrogen) atoms. The van der Waals surface area contributed by atoms with Gasteiger partial charge in [0.1, 0.15) is 0 Å². The van der Waals surface area contributed by atoms with E-state index in [1.807, 2.05) is 0 Å². The topological polar surface area (TPSA) is 25.8 Å². The summed E-state index contributed by atoms with van der Waals surface area (Å²) in [5.74, 6) is 0. The smallest absolute Gasteiger partial charge is 0.160 e. The highest BCUT2D eigenvalue weighted by atomic mass is 79.9. The first-order valence-electron chi connectivity index (χ1n) is 5.16. The molecule has 2 aromatic heterocycles. The minimum Gasteiger partial charge on any atom is -0.228 e. The van der Waals surface area contributed by atoms with Gasteiger partial charge in [0.25, 0.3) is 0 Å². The van der Waals surface area contributed by atoms with Crippen LogP contribution in [0.1, 0.15) is 0 Å². The van der Waals surface area contributed by atoms with Gasteiger partial charge in [0.05, 0.1) is 20.4 Å². The number of rotatable bonds is 0. The fourth-order valence-electron chi connectivity index (χ4n) is 2.13. The van der Waals surface area contributed by atoms with Crippen LogP contribution < -0.4 is 0 Å². The molecule has 2 aromatic carbocycles. The summed E-state index contributed by atoms with van der Waals surface area (Å²) >= 11 is 10.2. The molecule has 0 unspecified atom stereocenters. The zero-order valence-electron chi connectivity index (χ0n) is 8.78. The zero-order chi connectivity index (χ0) is 12.3. The summed E-state index contributed by atoms with van der Waals surface area (Å²) in [7, 11) is 0. The van der Waals surface area contributed by atoms with E-state index in [2.05, 4.69) is 66.1 Å². The van der Waals surface area contributed by atoms with Gasteiger partial charge in [0, 0.05) is 10.8 Å². The summed E-state index contributed by atoms with van der Waals surface area (Å²) in [6, 6.07) is 8.51. The van der Waals surface area contributed by atoms with E-state index in [0.717, 1.165) is 18.9 Å². The van der Waals surface area contributed by atoms with Crippen molar-refractivity contribution in [3.05, 3.63) is 32.1 Å². The van der Waals surface area contributed by atoms with Crippen molar-refractivity contribution in [1.82, 2.24) is 9.97 Å². The Labute approximate surface area is 127 Å². The van der Waals surface area contributed by atoms with E-state index in [4.69, 9.17) is 0 Å². The van der Waals surface area contributed by atoms with Gasteiger partial charge in [-0.15, -0.1) is 22.7 Å². The Balaban J connectivity index is 2.29. The fraction of sp³-hybridized carbons (Fsp3) is 0. The van der Waals surface area contributed by atoms with Gasteiger partial charge in [-0.1, -0.05) is 12.1 Å². The van der Waals surface area contributed by atoms with E-state index in [9.17, 15) is 0 Å². The summed E-state index contributed by atoms with van der Waals surface area (Å²) in [6.07, 6.45) is 0. The summed E-state index contributed by atoms with van der Waals surface area (Å²) in [5.41, 5.74) is 2.10. The van der Waals surface area contributed by atoms with Crippen molar-refractivity contribution < 1.29 is 0 Å². The van der Waals surface area contributed by atoms with Gasteiger partial charge < -0.3 is 0 Å². The zero-order valence-corrected chi connectivity index (χ0v) is 13.6. The van der Waals surface area contributed by atoms with Crippen molar-refractivity contribution in [3.63, 3.8) is 0 Å². The lowest BCUT2D eigenvalue weighted by Crippen LogP contribution is -1.77. The largest absolute Gasteiger partial charge is 0.228 e. The predicted octanol–water partition coefficient (Wildman–Crippen LogP) is 5.58. The third-order valence-corrected chi connectivity index (χ3v) is 5.80. The lowest BCUT2D eigenvalue weighted by molar-refractivity contribution is 1.45. The molecular weight excluding hydrogens is 396 g/mol. The highest BCUT2D eigenvalue weighted by molar-refractivity contribution is 9.11. The molecule has 0 N–H and O–H groups in total. The van der Waals surface area contributed by atoms with Crippen molar-refractivity contribution >= 4 is 85.7 Å². The normalized spacial score (nSPS) is 11.9. The lowest BCUT2D eigenvalue weighted by atomic mass is 10.1. The molecule has 0 radical (unpaired) electrons. The molecule has 2 nitrogen and oxygen atoms in total. The Hall–Kier alpha value is -0.560. The number of hydrogen-bond donors (Lipinski definition) is 0. The first-order valence-corrected chi connectivity index (χ1v) is 8.38. The average molecular weight is 400 g/mol. The molecule has 0 bridgehead atoms. The van der Waals surface area contributed by atoms with Crippen molar-refractivity contribution in [2.75, 3.05) is 0 Å². The van der Waals surface area contributed by atoms with Crippen LogP contribution in [0, 0.1) is 0 Å². The maximum atomic E-state index is 4.55. The van der Waals surface area contributed by atoms with E-state index in [1.165, 1.54) is 20.2 Å². The number of aromatic nitrogens is 2. The van der Waals surface area contributed by atoms with Crippen LogP contribution >= 0.6 is 54.5 Å². The Morgan fingerprint density at radius 1 is 0.722 bits per heavy atom. The summed E-state index contributed by atoms with van der Waals surface area (Å²) in [5, 5.41) is 2.33. The van der Waals surface area contributed by atoms with Gasteiger partial charge >= 0.3 is 0 Å². The van der Waals surface area contributed by atoms with Gasteiger partial charge in [0.15, 0.2) is 7.83 Å². The summed E-state index contributed by atoms with van der Waals surface area (Å²) < 4.78 is 4.24. The highest BCUT2D eigenvalue weighted by Crippen LogP contribution is 2.36. The van der Waals surface area contributed by atoms with Gasteiger partial charge in [-0.2, -0.15) is 0 Å². The minimum absolute atomic E-state index is 0.921. The van der Waals surface area contributed by atoms with E-state index in [1.54, 1.807) is 22.7 Å². The first kappa shape index (κ1) is 11.3. The molecule has 0 aliphatic heterocycles. The molecule has 0 atom stereocenters. The second-order valence-corrected chi connectivity index (χ2v) is 8.47. The third kappa shape index (κ3) is 1.56. The second kappa shape index (κ2) is 3.96. The van der Waals surface area contributed by atoms with Crippen LogP contribution in [0.25, 0.3) is 31.2 Å². The molecule has 2 heterocycles. The minimum atomic E-state index is 0.921. The molecule has 4 aromatic rings. The molecule has 0 spiro atoms. The Bertz CT molecular complexity index is 835. The van der Waals surface area contributed by atoms with Crippen molar-refractivity contribution in [3.8, 4) is 0 Å². The van der Waals surface area contributed by atoms with Crippen molar-refractivity contribution in [2.45, 2.75) is 0 Å². The molecule has 0 amide bonds. The fourth-order valence-corrected chi connectivity index (χ4v) is 4.95. The highest BCUT2D eigenvalue weighted by Gasteiger charge is 2.10. The van der Waals surface area contributed by atoms with Crippen LogP contribution in [0.5, 0.6) is 0 Å². The quantitative estimate of drug-likeness (QED) is 0.385. The van der Waals surface area contributed by atoms with E-state index >= 15 is 0 Å². The van der Waals surface area contributed by atoms with Gasteiger partial charge in [-0.25, -0.2) is 9.97 Å². The lowest BCUT2D eigenvalue weighted by Gasteiger charge is -1.99. The molecule has 88 valence electrons. The van der Waals surface area contributed by atoms with Crippen LogP contribution in [-0.2, 0) is 0 Å². The van der Waals surface area contributed by atoms with Crippen LogP contribution in [0.4, 0.5) is 0 Å². The van der Waals surface area contributed by atoms with Crippen molar-refractivity contribution in [1.29, 1.82) is 0 Å². The van der Waals surface area contributed by atoms with Crippen LogP contribution in [-0.4, -0.2) is 9.97 Å². The SMILES string of the molecule is Brc1nc2c(ccc3c2ccc2sc(Br)nc23)s1. The van der Waals surface area contributed by atoms with Gasteiger partial charge in [-0.05, 0) is 44.0 Å². The molecule has 0 aliphatic carbocycles. The molecule has 4 rings (SSSR count). The molecule has 6 heteroatoms. The maximum absolute atomic E-state index is 4.55. The van der Waals surface area contributed by atoms with Gasteiger partial charge in [-0.3, -0.25) is 0 Å². The molecule has 0 saturated heterocycles. The Kier molecular flexibility index (Phi) is 2.49. The molecule has 0 fully saturated rings. The van der Waals surface area contributed by atoms with E-state index in [-0.39, 0.29) is 0 Å². The number of fused-ring (bicyclic) bond motifs is 5. The predicted molar refractivity (Wildman–Crippen MR) is 85.7 cm³/mol. The molecular formula is C12H4Br2N2S2. The maximum Gasteiger partial charge on any atom is 0.160 e. The monoisotopic (exact) mass is 398 g/mol. The number of nitrogens with zero attached hydrogens (tertiary/aromatic N) is 2. The third-order valence-electron chi connectivity index (χ3n) is 2.86. The Morgan fingerprint density at radius 3 is 1.61 bits per heavy atom.